The number of hydrogen-bond donors (Lipinski definition) is 2. The van der Waals surface area contributed by atoms with E-state index < -0.39 is 5.41 Å². The molecule has 1 aromatic heterocycles. The average molecular weight is 293 g/mol. The molecule has 0 unspecified atom stereocenters. The van der Waals surface area contributed by atoms with Gasteiger partial charge in [-0.3, -0.25) is 4.79 Å². The molecule has 2 fully saturated rings. The third-order valence-corrected chi connectivity index (χ3v) is 5.07. The second kappa shape index (κ2) is 3.85. The van der Waals surface area contributed by atoms with E-state index in [2.05, 4.69) is 27.5 Å². The molecule has 106 valence electrons. The zero-order valence-corrected chi connectivity index (χ0v) is 12.2. The van der Waals surface area contributed by atoms with E-state index in [1.54, 1.807) is 0 Å². The Morgan fingerprint density at radius 2 is 1.90 bits per heavy atom. The molecule has 2 N–H and O–H groups in total. The van der Waals surface area contributed by atoms with Crippen molar-refractivity contribution >= 4 is 29.1 Å². The first-order valence-electron chi connectivity index (χ1n) is 7.20. The van der Waals surface area contributed by atoms with E-state index in [0.29, 0.717) is 5.82 Å². The lowest BCUT2D eigenvalue weighted by Crippen LogP contribution is -2.32. The summed E-state index contributed by atoms with van der Waals surface area (Å²) in [5.41, 5.74) is 0.599. The van der Waals surface area contributed by atoms with Crippen LogP contribution in [-0.2, 0) is 10.2 Å². The second-order valence-corrected chi connectivity index (χ2v) is 6.83. The van der Waals surface area contributed by atoms with Crippen LogP contribution in [-0.4, -0.2) is 21.4 Å². The highest BCUT2D eigenvalue weighted by Gasteiger charge is 2.52. The summed E-state index contributed by atoms with van der Waals surface area (Å²) in [5, 5.41) is 6.57. The third kappa shape index (κ3) is 1.65. The lowest BCUT2D eigenvalue weighted by atomic mass is 9.80. The molecule has 0 bridgehead atoms. The molecule has 0 radical (unpaired) electrons. The molecule has 3 aliphatic rings. The average Bonchev–Trinajstić information content (AvgIpc) is 2.85. The van der Waals surface area contributed by atoms with Crippen LogP contribution in [0.3, 0.4) is 0 Å². The smallest absolute Gasteiger partial charge is 0.236 e. The minimum absolute atomic E-state index is 0.0607. The lowest BCUT2D eigenvalue weighted by molar-refractivity contribution is -0.120. The summed E-state index contributed by atoms with van der Waals surface area (Å²) in [6, 6.07) is 0. The molecule has 1 spiro atoms. The van der Waals surface area contributed by atoms with Crippen LogP contribution >= 0.6 is 11.6 Å². The molecule has 6 heteroatoms. The molecule has 2 saturated carbocycles. The zero-order chi connectivity index (χ0) is 14.0. The fourth-order valence-corrected chi connectivity index (χ4v) is 3.63. The Morgan fingerprint density at radius 1 is 1.20 bits per heavy atom. The van der Waals surface area contributed by atoms with E-state index in [4.69, 9.17) is 11.6 Å². The van der Waals surface area contributed by atoms with Gasteiger partial charge in [-0.05, 0) is 44.2 Å². The molecule has 0 atom stereocenters. The number of anilines is 2. The maximum atomic E-state index is 12.5. The van der Waals surface area contributed by atoms with Crippen molar-refractivity contribution in [1.29, 1.82) is 0 Å². The third-order valence-electron chi connectivity index (χ3n) is 4.90. The van der Waals surface area contributed by atoms with Crippen molar-refractivity contribution in [3.8, 4) is 0 Å². The van der Waals surface area contributed by atoms with Crippen molar-refractivity contribution in [1.82, 2.24) is 9.97 Å². The summed E-state index contributed by atoms with van der Waals surface area (Å²) in [6.07, 6.45) is 6.15. The van der Waals surface area contributed by atoms with Crippen LogP contribution in [0.4, 0.5) is 11.6 Å². The van der Waals surface area contributed by atoms with Gasteiger partial charge >= 0.3 is 0 Å². The quantitative estimate of drug-likeness (QED) is 0.823. The first-order valence-corrected chi connectivity index (χ1v) is 7.58. The van der Waals surface area contributed by atoms with Crippen molar-refractivity contribution in [2.75, 3.05) is 10.6 Å². The number of nitrogens with one attached hydrogen (secondary N) is 2. The number of fused-ring (bicyclic) bond motifs is 2. The van der Waals surface area contributed by atoms with E-state index in [1.165, 1.54) is 0 Å². The van der Waals surface area contributed by atoms with Gasteiger partial charge in [0.15, 0.2) is 0 Å². The van der Waals surface area contributed by atoms with Crippen LogP contribution in [0.1, 0.15) is 51.0 Å². The lowest BCUT2D eigenvalue weighted by Gasteiger charge is -2.24. The maximum Gasteiger partial charge on any atom is 0.236 e. The molecule has 20 heavy (non-hydrogen) atoms. The predicted octanol–water partition coefficient (Wildman–Crippen LogP) is 2.86. The van der Waals surface area contributed by atoms with Crippen LogP contribution in [0.5, 0.6) is 0 Å². The number of halogens is 1. The van der Waals surface area contributed by atoms with Gasteiger partial charge in [0.25, 0.3) is 0 Å². The monoisotopic (exact) mass is 292 g/mol. The Balaban J connectivity index is 1.86. The van der Waals surface area contributed by atoms with Gasteiger partial charge in [-0.15, -0.1) is 0 Å². The van der Waals surface area contributed by atoms with Gasteiger partial charge in [-0.1, -0.05) is 12.8 Å². The highest BCUT2D eigenvalue weighted by atomic mass is 35.5. The topological polar surface area (TPSA) is 66.9 Å². The Bertz CT molecular complexity index is 605. The number of nitrogens with zero attached hydrogens (tertiary/aromatic N) is 2. The predicted molar refractivity (Wildman–Crippen MR) is 77.1 cm³/mol. The molecule has 1 amide bonds. The van der Waals surface area contributed by atoms with Gasteiger partial charge in [0.05, 0.1) is 11.0 Å². The Hall–Kier alpha value is -1.36. The van der Waals surface area contributed by atoms with Crippen molar-refractivity contribution in [2.45, 2.75) is 56.4 Å². The zero-order valence-electron chi connectivity index (χ0n) is 11.4. The molecular formula is C14H17ClN4O. The molecule has 1 aliphatic heterocycles. The molecule has 0 aromatic carbocycles. The van der Waals surface area contributed by atoms with Crippen molar-refractivity contribution in [3.05, 3.63) is 10.8 Å². The van der Waals surface area contributed by atoms with Crippen LogP contribution in [0.15, 0.2) is 0 Å². The number of carbonyl (C=O) groups excluding carboxylic acids is 1. The number of rotatable bonds is 2. The van der Waals surface area contributed by atoms with Gasteiger partial charge in [-0.25, -0.2) is 4.98 Å². The minimum Gasteiger partial charge on any atom is -0.364 e. The van der Waals surface area contributed by atoms with Crippen LogP contribution in [0, 0.1) is 0 Å². The minimum atomic E-state index is -0.437. The largest absolute Gasteiger partial charge is 0.364 e. The van der Waals surface area contributed by atoms with Crippen molar-refractivity contribution < 1.29 is 4.79 Å². The number of amides is 1. The highest BCUT2D eigenvalue weighted by Crippen LogP contribution is 2.52. The summed E-state index contributed by atoms with van der Waals surface area (Å²) in [7, 11) is 0. The standard InChI is InChI=1S/C14H17ClN4O/c1-13(6-7-13)19-10-8-9(17-12(15)18-10)16-11(20)14(8)4-2-3-5-14/h2-7H2,1H3,(H2,16,17,18,19,20). The number of aromatic nitrogens is 2. The first kappa shape index (κ1) is 12.4. The fourth-order valence-electron chi connectivity index (χ4n) is 3.46. The van der Waals surface area contributed by atoms with Gasteiger partial charge in [0.2, 0.25) is 11.2 Å². The molecule has 5 nitrogen and oxygen atoms in total. The summed E-state index contributed by atoms with van der Waals surface area (Å²) in [4.78, 5) is 21.0. The SMILES string of the molecule is CC1(Nc2nc(Cl)nc3c2C2(CCCC2)C(=O)N3)CC1. The van der Waals surface area contributed by atoms with E-state index in [-0.39, 0.29) is 16.7 Å². The summed E-state index contributed by atoms with van der Waals surface area (Å²) >= 11 is 6.01. The summed E-state index contributed by atoms with van der Waals surface area (Å²) < 4.78 is 0. The maximum absolute atomic E-state index is 12.5. The van der Waals surface area contributed by atoms with Crippen molar-refractivity contribution in [2.24, 2.45) is 0 Å². The molecule has 1 aromatic rings. The van der Waals surface area contributed by atoms with Gasteiger partial charge in [0, 0.05) is 5.54 Å². The number of hydrogen-bond acceptors (Lipinski definition) is 4. The van der Waals surface area contributed by atoms with E-state index in [0.717, 1.165) is 49.9 Å². The van der Waals surface area contributed by atoms with E-state index in [1.807, 2.05) is 0 Å². The van der Waals surface area contributed by atoms with Gasteiger partial charge in [-0.2, -0.15) is 4.98 Å². The van der Waals surface area contributed by atoms with Crippen LogP contribution in [0.25, 0.3) is 0 Å². The van der Waals surface area contributed by atoms with Gasteiger partial charge < -0.3 is 10.6 Å². The molecule has 4 rings (SSSR count). The van der Waals surface area contributed by atoms with E-state index >= 15 is 0 Å². The first-order chi connectivity index (χ1) is 9.52. The number of carbonyl (C=O) groups is 1. The summed E-state index contributed by atoms with van der Waals surface area (Å²) in [6.45, 7) is 2.17. The molecular weight excluding hydrogens is 276 g/mol. The Labute approximate surface area is 122 Å². The van der Waals surface area contributed by atoms with E-state index in [9.17, 15) is 4.79 Å². The van der Waals surface area contributed by atoms with Crippen LogP contribution < -0.4 is 10.6 Å². The van der Waals surface area contributed by atoms with Crippen molar-refractivity contribution in [3.63, 3.8) is 0 Å². The fraction of sp³-hybridized carbons (Fsp3) is 0.643. The normalized spacial score (nSPS) is 24.6. The second-order valence-electron chi connectivity index (χ2n) is 6.49. The van der Waals surface area contributed by atoms with Gasteiger partial charge in [0.1, 0.15) is 11.6 Å². The molecule has 2 heterocycles. The Kier molecular flexibility index (Phi) is 2.38. The molecule has 2 aliphatic carbocycles. The highest BCUT2D eigenvalue weighted by molar-refractivity contribution is 6.28. The summed E-state index contributed by atoms with van der Waals surface area (Å²) in [5.74, 6) is 1.41. The van der Waals surface area contributed by atoms with Crippen LogP contribution in [0.2, 0.25) is 5.28 Å². The Morgan fingerprint density at radius 3 is 2.55 bits per heavy atom. The molecule has 0 saturated heterocycles.